The zero-order valence-electron chi connectivity index (χ0n) is 25.9. The molecule has 0 radical (unpaired) electrons. The van der Waals surface area contributed by atoms with Crippen molar-refractivity contribution in [3.8, 4) is 5.75 Å². The van der Waals surface area contributed by atoms with Gasteiger partial charge in [0.15, 0.2) is 19.9 Å². The second-order valence-electron chi connectivity index (χ2n) is 13.1. The van der Waals surface area contributed by atoms with Crippen molar-refractivity contribution in [3.63, 3.8) is 0 Å². The number of fused-ring (bicyclic) bond motifs is 1. The predicted molar refractivity (Wildman–Crippen MR) is 154 cm³/mol. The van der Waals surface area contributed by atoms with Gasteiger partial charge in [-0.2, -0.15) is 0 Å². The maximum Gasteiger partial charge on any atom is 0.220 e. The van der Waals surface area contributed by atoms with Crippen LogP contribution in [0.15, 0.2) is 24.3 Å². The number of Topliss-reactive ketones (excluding diaryl/α,β-unsaturated/α-hetero) is 1. The van der Waals surface area contributed by atoms with Crippen molar-refractivity contribution in [1.82, 2.24) is 0 Å². The SMILES string of the molecule is COc1ccc(COC[C@@H](C)CC(=O)[C@@H](O)[C@H]2C[C@H]3OC(C)(C)O[C@H]3[C@](CO[Si](C)(C)C(C)(C)C)(OC)O2)cc1. The van der Waals surface area contributed by atoms with E-state index in [1.165, 1.54) is 0 Å². The Labute approximate surface area is 240 Å². The number of ketones is 1. The third-order valence-corrected chi connectivity index (χ3v) is 12.8. The first-order chi connectivity index (χ1) is 18.5. The first-order valence-corrected chi connectivity index (χ1v) is 17.1. The van der Waals surface area contributed by atoms with Crippen molar-refractivity contribution in [2.24, 2.45) is 5.92 Å². The Bertz CT molecular complexity index is 974. The summed E-state index contributed by atoms with van der Waals surface area (Å²) in [5.74, 6) is -1.80. The van der Waals surface area contributed by atoms with Gasteiger partial charge in [0.25, 0.3) is 0 Å². The van der Waals surface area contributed by atoms with E-state index < -0.39 is 44.3 Å². The average Bonchev–Trinajstić information content (AvgIpc) is 3.20. The molecule has 9 nitrogen and oxygen atoms in total. The van der Waals surface area contributed by atoms with Crippen LogP contribution in [0.4, 0.5) is 0 Å². The van der Waals surface area contributed by atoms with E-state index in [0.29, 0.717) is 19.6 Å². The first kappa shape index (κ1) is 33.1. The molecule has 3 rings (SSSR count). The zero-order valence-corrected chi connectivity index (χ0v) is 26.9. The molecule has 0 aliphatic carbocycles. The van der Waals surface area contributed by atoms with Gasteiger partial charge in [0.2, 0.25) is 5.79 Å². The fourth-order valence-electron chi connectivity index (χ4n) is 4.84. The smallest absolute Gasteiger partial charge is 0.220 e. The predicted octanol–water partition coefficient (Wildman–Crippen LogP) is 4.84. The van der Waals surface area contributed by atoms with Gasteiger partial charge in [-0.15, -0.1) is 0 Å². The molecule has 228 valence electrons. The Morgan fingerprint density at radius 1 is 1.12 bits per heavy atom. The van der Waals surface area contributed by atoms with Crippen LogP contribution in [-0.4, -0.2) is 82.6 Å². The van der Waals surface area contributed by atoms with Gasteiger partial charge in [-0.25, -0.2) is 0 Å². The quantitative estimate of drug-likeness (QED) is 0.327. The number of carbonyl (C=O) groups is 1. The van der Waals surface area contributed by atoms with Gasteiger partial charge in [-0.1, -0.05) is 39.8 Å². The van der Waals surface area contributed by atoms with Crippen LogP contribution in [0, 0.1) is 5.92 Å². The number of hydrogen-bond acceptors (Lipinski definition) is 9. The Balaban J connectivity index is 1.64. The van der Waals surface area contributed by atoms with Crippen LogP contribution < -0.4 is 4.74 Å². The summed E-state index contributed by atoms with van der Waals surface area (Å²) in [4.78, 5) is 13.2. The fourth-order valence-corrected chi connectivity index (χ4v) is 5.84. The van der Waals surface area contributed by atoms with Crippen LogP contribution >= 0.6 is 0 Å². The van der Waals surface area contributed by atoms with Gasteiger partial charge in [0, 0.05) is 26.6 Å². The number of ether oxygens (including phenoxy) is 6. The molecule has 0 bridgehead atoms. The highest BCUT2D eigenvalue weighted by Gasteiger charge is 2.60. The number of benzene rings is 1. The number of aliphatic hydroxyl groups excluding tert-OH is 1. The highest BCUT2D eigenvalue weighted by molar-refractivity contribution is 6.74. The van der Waals surface area contributed by atoms with Crippen LogP contribution in [0.3, 0.4) is 0 Å². The third kappa shape index (κ3) is 7.92. The average molecular weight is 583 g/mol. The van der Waals surface area contributed by atoms with Gasteiger partial charge >= 0.3 is 0 Å². The summed E-state index contributed by atoms with van der Waals surface area (Å²) in [6.07, 6.45) is -2.72. The maximum atomic E-state index is 13.2. The number of aliphatic hydroxyl groups is 1. The molecule has 2 saturated heterocycles. The lowest BCUT2D eigenvalue weighted by molar-refractivity contribution is -0.336. The highest BCUT2D eigenvalue weighted by atomic mass is 28.4. The van der Waals surface area contributed by atoms with Crippen LogP contribution in [0.5, 0.6) is 5.75 Å². The molecule has 1 aromatic carbocycles. The summed E-state index contributed by atoms with van der Waals surface area (Å²) in [5, 5.41) is 11.1. The van der Waals surface area contributed by atoms with Gasteiger partial charge in [0.05, 0.1) is 32.5 Å². The van der Waals surface area contributed by atoms with E-state index in [2.05, 4.69) is 33.9 Å². The number of hydrogen-bond donors (Lipinski definition) is 1. The van der Waals surface area contributed by atoms with Crippen molar-refractivity contribution in [2.75, 3.05) is 27.4 Å². The molecule has 0 unspecified atom stereocenters. The summed E-state index contributed by atoms with van der Waals surface area (Å²) >= 11 is 0. The van der Waals surface area contributed by atoms with Gasteiger partial charge in [-0.05, 0) is 55.6 Å². The van der Waals surface area contributed by atoms with E-state index >= 15 is 0 Å². The largest absolute Gasteiger partial charge is 0.497 e. The Morgan fingerprint density at radius 2 is 1.77 bits per heavy atom. The first-order valence-electron chi connectivity index (χ1n) is 14.2. The second-order valence-corrected chi connectivity index (χ2v) is 17.9. The summed E-state index contributed by atoms with van der Waals surface area (Å²) in [6.45, 7) is 17.3. The van der Waals surface area contributed by atoms with E-state index in [1.54, 1.807) is 14.2 Å². The molecule has 2 aliphatic heterocycles. The standard InChI is InChI=1S/C30H50O9Si/c1-20(17-35-18-21-11-13-22(33-7)14-12-21)15-23(31)26(32)24-16-25-27(39-29(5,6)37-25)30(34-8,38-24)19-36-40(9,10)28(2,3)4/h11-14,20,24-27,32H,15-19H2,1-10H3/t20-,24+,25+,26+,27+,30+/m0/s1. The third-order valence-electron chi connectivity index (χ3n) is 8.28. The molecule has 2 heterocycles. The zero-order chi connectivity index (χ0) is 29.9. The number of methoxy groups -OCH3 is 2. The molecule has 1 N–H and O–H groups in total. The molecule has 0 saturated carbocycles. The molecule has 2 aliphatic rings. The molecule has 0 spiro atoms. The van der Waals surface area contributed by atoms with Crippen LogP contribution in [0.25, 0.3) is 0 Å². The molecule has 2 fully saturated rings. The minimum absolute atomic E-state index is 0.0250. The molecule has 0 amide bonds. The summed E-state index contributed by atoms with van der Waals surface area (Å²) in [5.41, 5.74) is 1.02. The topological polar surface area (TPSA) is 102 Å². The Kier molecular flexibility index (Phi) is 10.7. The lowest BCUT2D eigenvalue weighted by Crippen LogP contribution is -2.64. The molecule has 10 heteroatoms. The fraction of sp³-hybridized carbons (Fsp3) is 0.767. The van der Waals surface area contributed by atoms with E-state index in [0.717, 1.165) is 11.3 Å². The van der Waals surface area contributed by atoms with Crippen molar-refractivity contribution < 1.29 is 42.7 Å². The number of carbonyl (C=O) groups excluding carboxylic acids is 1. The van der Waals surface area contributed by atoms with Crippen LogP contribution in [0.2, 0.25) is 18.1 Å². The minimum atomic E-state index is -2.17. The van der Waals surface area contributed by atoms with Gasteiger partial charge in [-0.3, -0.25) is 4.79 Å². The Hall–Kier alpha value is -1.37. The summed E-state index contributed by atoms with van der Waals surface area (Å²) in [7, 11) is 0.996. The monoisotopic (exact) mass is 582 g/mol. The van der Waals surface area contributed by atoms with Gasteiger partial charge < -0.3 is 38.0 Å². The Morgan fingerprint density at radius 3 is 2.35 bits per heavy atom. The van der Waals surface area contributed by atoms with E-state index in [9.17, 15) is 9.90 Å². The number of rotatable bonds is 13. The molecule has 1 aromatic rings. The molecule has 40 heavy (non-hydrogen) atoms. The summed E-state index contributed by atoms with van der Waals surface area (Å²) < 4.78 is 42.3. The maximum absolute atomic E-state index is 13.2. The van der Waals surface area contributed by atoms with E-state index in [-0.39, 0.29) is 29.8 Å². The molecule has 6 atom stereocenters. The van der Waals surface area contributed by atoms with Crippen molar-refractivity contribution in [3.05, 3.63) is 29.8 Å². The second kappa shape index (κ2) is 12.9. The molecular weight excluding hydrogens is 532 g/mol. The van der Waals surface area contributed by atoms with Crippen molar-refractivity contribution in [2.45, 2.75) is 115 Å². The molecule has 0 aromatic heterocycles. The highest BCUT2D eigenvalue weighted by Crippen LogP contribution is 2.45. The van der Waals surface area contributed by atoms with Crippen molar-refractivity contribution >= 4 is 14.1 Å². The molecular formula is C30H50O9Si. The normalized spacial score (nSPS) is 28.1. The summed E-state index contributed by atoms with van der Waals surface area (Å²) in [6, 6.07) is 7.65. The van der Waals surface area contributed by atoms with E-state index in [4.69, 9.17) is 32.8 Å². The lowest BCUT2D eigenvalue weighted by Gasteiger charge is -2.48. The van der Waals surface area contributed by atoms with Crippen LogP contribution in [-0.2, 0) is 39.5 Å². The van der Waals surface area contributed by atoms with Gasteiger partial charge in [0.1, 0.15) is 18.0 Å². The van der Waals surface area contributed by atoms with Crippen molar-refractivity contribution in [1.29, 1.82) is 0 Å². The minimum Gasteiger partial charge on any atom is -0.497 e. The van der Waals surface area contributed by atoms with E-state index in [1.807, 2.05) is 45.0 Å². The lowest BCUT2D eigenvalue weighted by atomic mass is 9.90. The van der Waals surface area contributed by atoms with Crippen LogP contribution in [0.1, 0.15) is 59.9 Å².